The first kappa shape index (κ1) is 17.6. The summed E-state index contributed by atoms with van der Waals surface area (Å²) >= 11 is 0. The molecule has 1 fully saturated rings. The van der Waals surface area contributed by atoms with Gasteiger partial charge in [0.05, 0.1) is 0 Å². The molecule has 2 aliphatic rings. The van der Waals surface area contributed by atoms with Crippen LogP contribution in [0.25, 0.3) is 0 Å². The number of rotatable bonds is 4. The number of anilines is 1. The number of carbonyl (C=O) groups is 2. The molecule has 2 N–H and O–H groups in total. The summed E-state index contributed by atoms with van der Waals surface area (Å²) in [5.41, 5.74) is 4.33. The molecule has 0 unspecified atom stereocenters. The highest BCUT2D eigenvalue weighted by molar-refractivity contribution is 5.93. The molecular formula is C22H25N3O2. The van der Waals surface area contributed by atoms with Crippen LogP contribution in [0.5, 0.6) is 0 Å². The molecule has 1 heterocycles. The van der Waals surface area contributed by atoms with E-state index in [4.69, 9.17) is 0 Å². The van der Waals surface area contributed by atoms with Crippen LogP contribution >= 0.6 is 0 Å². The SMILES string of the molecule is O=C(Nc1cccc(CNC(=O)N2CCc3ccccc3C2)c1)C1CCC1. The Labute approximate surface area is 159 Å². The molecule has 0 aromatic heterocycles. The monoisotopic (exact) mass is 363 g/mol. The molecule has 140 valence electrons. The number of fused-ring (bicyclic) bond motifs is 1. The zero-order chi connectivity index (χ0) is 18.6. The third-order valence-corrected chi connectivity index (χ3v) is 5.53. The quantitative estimate of drug-likeness (QED) is 0.870. The van der Waals surface area contributed by atoms with Crippen LogP contribution in [0, 0.1) is 5.92 Å². The predicted octanol–water partition coefficient (Wildman–Crippen LogP) is 3.69. The van der Waals surface area contributed by atoms with Crippen LogP contribution in [0.4, 0.5) is 10.5 Å². The lowest BCUT2D eigenvalue weighted by Gasteiger charge is -2.29. The molecule has 0 atom stereocenters. The number of hydrogen-bond donors (Lipinski definition) is 2. The number of carbonyl (C=O) groups excluding carboxylic acids is 2. The van der Waals surface area contributed by atoms with Gasteiger partial charge in [-0.1, -0.05) is 42.8 Å². The van der Waals surface area contributed by atoms with E-state index in [1.54, 1.807) is 0 Å². The van der Waals surface area contributed by atoms with Crippen molar-refractivity contribution in [2.45, 2.75) is 38.8 Å². The van der Waals surface area contributed by atoms with E-state index in [2.05, 4.69) is 22.8 Å². The Bertz CT molecular complexity index is 845. The van der Waals surface area contributed by atoms with Crippen LogP contribution in [-0.4, -0.2) is 23.4 Å². The van der Waals surface area contributed by atoms with Gasteiger partial charge in [0.2, 0.25) is 5.91 Å². The third-order valence-electron chi connectivity index (χ3n) is 5.53. The summed E-state index contributed by atoms with van der Waals surface area (Å²) in [6.45, 7) is 1.84. The Morgan fingerprint density at radius 1 is 1.04 bits per heavy atom. The molecule has 2 aromatic carbocycles. The molecule has 4 rings (SSSR count). The van der Waals surface area contributed by atoms with Gasteiger partial charge in [-0.3, -0.25) is 4.79 Å². The molecule has 27 heavy (non-hydrogen) atoms. The Morgan fingerprint density at radius 3 is 2.63 bits per heavy atom. The standard InChI is InChI=1S/C22H25N3O2/c26-21(18-8-4-9-18)24-20-10-3-5-16(13-20)14-23-22(27)25-12-11-17-6-1-2-7-19(17)15-25/h1-3,5-7,10,13,18H,4,8-9,11-12,14-15H2,(H,23,27)(H,24,26). The first-order valence-corrected chi connectivity index (χ1v) is 9.68. The largest absolute Gasteiger partial charge is 0.334 e. The van der Waals surface area contributed by atoms with Gasteiger partial charge < -0.3 is 15.5 Å². The molecule has 0 spiro atoms. The van der Waals surface area contributed by atoms with E-state index in [0.29, 0.717) is 13.1 Å². The van der Waals surface area contributed by atoms with Crippen molar-refractivity contribution in [1.82, 2.24) is 10.2 Å². The average molecular weight is 363 g/mol. The molecule has 0 radical (unpaired) electrons. The Balaban J connectivity index is 1.31. The molecule has 3 amide bonds. The lowest BCUT2D eigenvalue weighted by molar-refractivity contribution is -0.122. The molecule has 2 aromatic rings. The van der Waals surface area contributed by atoms with Crippen molar-refractivity contribution in [2.75, 3.05) is 11.9 Å². The number of nitrogens with zero attached hydrogens (tertiary/aromatic N) is 1. The topological polar surface area (TPSA) is 61.4 Å². The fourth-order valence-electron chi connectivity index (χ4n) is 3.63. The minimum atomic E-state index is -0.0478. The second-order valence-corrected chi connectivity index (χ2v) is 7.42. The summed E-state index contributed by atoms with van der Waals surface area (Å²) in [7, 11) is 0. The fraction of sp³-hybridized carbons (Fsp3) is 0.364. The van der Waals surface area contributed by atoms with Gasteiger partial charge >= 0.3 is 6.03 Å². The van der Waals surface area contributed by atoms with Gasteiger partial charge in [0, 0.05) is 31.2 Å². The molecule has 1 aliphatic heterocycles. The van der Waals surface area contributed by atoms with E-state index >= 15 is 0 Å². The van der Waals surface area contributed by atoms with E-state index < -0.39 is 0 Å². The smallest absolute Gasteiger partial charge is 0.317 e. The van der Waals surface area contributed by atoms with Gasteiger partial charge in [-0.15, -0.1) is 0 Å². The van der Waals surface area contributed by atoms with Crippen LogP contribution in [0.2, 0.25) is 0 Å². The number of amides is 3. The van der Waals surface area contributed by atoms with Crippen LogP contribution in [0.15, 0.2) is 48.5 Å². The molecule has 1 aliphatic carbocycles. The third kappa shape index (κ3) is 4.13. The van der Waals surface area contributed by atoms with E-state index in [9.17, 15) is 9.59 Å². The van der Waals surface area contributed by atoms with Gasteiger partial charge in [-0.05, 0) is 48.1 Å². The molecule has 5 nitrogen and oxygen atoms in total. The number of hydrogen-bond acceptors (Lipinski definition) is 2. The van der Waals surface area contributed by atoms with Gasteiger partial charge in [0.1, 0.15) is 0 Å². The van der Waals surface area contributed by atoms with E-state index in [-0.39, 0.29) is 17.9 Å². The highest BCUT2D eigenvalue weighted by Crippen LogP contribution is 2.27. The Hall–Kier alpha value is -2.82. The van der Waals surface area contributed by atoms with Gasteiger partial charge in [0.15, 0.2) is 0 Å². The minimum absolute atomic E-state index is 0.0478. The second-order valence-electron chi connectivity index (χ2n) is 7.42. The van der Waals surface area contributed by atoms with Gasteiger partial charge in [-0.25, -0.2) is 4.79 Å². The number of benzene rings is 2. The highest BCUT2D eigenvalue weighted by atomic mass is 16.2. The van der Waals surface area contributed by atoms with Crippen molar-refractivity contribution in [1.29, 1.82) is 0 Å². The van der Waals surface area contributed by atoms with Crippen LogP contribution in [-0.2, 0) is 24.3 Å². The maximum atomic E-state index is 12.5. The van der Waals surface area contributed by atoms with Crippen molar-refractivity contribution < 1.29 is 9.59 Å². The lowest BCUT2D eigenvalue weighted by atomic mass is 9.85. The summed E-state index contributed by atoms with van der Waals surface area (Å²) in [4.78, 5) is 26.5. The van der Waals surface area contributed by atoms with E-state index in [0.717, 1.165) is 43.5 Å². The average Bonchev–Trinajstić information content (AvgIpc) is 2.64. The summed E-state index contributed by atoms with van der Waals surface area (Å²) in [6.07, 6.45) is 4.01. The molecule has 5 heteroatoms. The summed E-state index contributed by atoms with van der Waals surface area (Å²) in [5, 5.41) is 5.98. The van der Waals surface area contributed by atoms with Crippen LogP contribution in [0.3, 0.4) is 0 Å². The first-order chi connectivity index (χ1) is 13.2. The van der Waals surface area contributed by atoms with E-state index in [1.807, 2.05) is 41.3 Å². The Morgan fingerprint density at radius 2 is 1.85 bits per heavy atom. The van der Waals surface area contributed by atoms with Gasteiger partial charge in [-0.2, -0.15) is 0 Å². The van der Waals surface area contributed by atoms with E-state index in [1.165, 1.54) is 11.1 Å². The fourth-order valence-corrected chi connectivity index (χ4v) is 3.63. The summed E-state index contributed by atoms with van der Waals surface area (Å²) in [6, 6.07) is 15.9. The lowest BCUT2D eigenvalue weighted by Crippen LogP contribution is -2.42. The predicted molar refractivity (Wildman–Crippen MR) is 105 cm³/mol. The van der Waals surface area contributed by atoms with Crippen molar-refractivity contribution in [3.63, 3.8) is 0 Å². The van der Waals surface area contributed by atoms with Crippen LogP contribution in [0.1, 0.15) is 36.0 Å². The summed E-state index contributed by atoms with van der Waals surface area (Å²) in [5.74, 6) is 0.268. The van der Waals surface area contributed by atoms with Crippen molar-refractivity contribution in [2.24, 2.45) is 5.92 Å². The normalized spacial score (nSPS) is 16.2. The van der Waals surface area contributed by atoms with Gasteiger partial charge in [0.25, 0.3) is 0 Å². The van der Waals surface area contributed by atoms with Crippen molar-refractivity contribution >= 4 is 17.6 Å². The van der Waals surface area contributed by atoms with Crippen molar-refractivity contribution in [3.05, 3.63) is 65.2 Å². The summed E-state index contributed by atoms with van der Waals surface area (Å²) < 4.78 is 0. The maximum Gasteiger partial charge on any atom is 0.317 e. The number of urea groups is 1. The molecular weight excluding hydrogens is 338 g/mol. The molecule has 0 saturated heterocycles. The first-order valence-electron chi connectivity index (χ1n) is 9.68. The highest BCUT2D eigenvalue weighted by Gasteiger charge is 2.25. The van der Waals surface area contributed by atoms with Crippen LogP contribution < -0.4 is 10.6 Å². The second kappa shape index (κ2) is 7.82. The molecule has 1 saturated carbocycles. The number of nitrogens with one attached hydrogen (secondary N) is 2. The zero-order valence-electron chi connectivity index (χ0n) is 15.4. The minimum Gasteiger partial charge on any atom is -0.334 e. The Kier molecular flexibility index (Phi) is 5.10. The molecule has 0 bridgehead atoms. The zero-order valence-corrected chi connectivity index (χ0v) is 15.4. The maximum absolute atomic E-state index is 12.5. The van der Waals surface area contributed by atoms with Crippen molar-refractivity contribution in [3.8, 4) is 0 Å².